The monoisotopic (exact) mass is 301 g/mol. The van der Waals surface area contributed by atoms with E-state index in [1.54, 1.807) is 18.2 Å². The second kappa shape index (κ2) is 7.78. The van der Waals surface area contributed by atoms with Gasteiger partial charge in [-0.3, -0.25) is 14.9 Å². The largest absolute Gasteiger partial charge is 0.366 e. The van der Waals surface area contributed by atoms with Crippen LogP contribution in [-0.2, 0) is 16.1 Å². The molecule has 0 aromatic heterocycles. The number of hydrogen-bond acceptors (Lipinski definition) is 5. The molecule has 1 aliphatic heterocycles. The molecular formula is C12H16ClN3O4. The van der Waals surface area contributed by atoms with Crippen molar-refractivity contribution in [1.82, 2.24) is 10.6 Å². The van der Waals surface area contributed by atoms with Gasteiger partial charge in [-0.2, -0.15) is 0 Å². The van der Waals surface area contributed by atoms with Crippen LogP contribution in [0.2, 0.25) is 0 Å². The lowest BCUT2D eigenvalue weighted by atomic mass is 10.1. The van der Waals surface area contributed by atoms with Crippen LogP contribution >= 0.6 is 12.4 Å². The van der Waals surface area contributed by atoms with Crippen molar-refractivity contribution in [2.45, 2.75) is 12.6 Å². The number of nitro groups is 1. The van der Waals surface area contributed by atoms with Crippen LogP contribution < -0.4 is 10.6 Å². The maximum atomic E-state index is 11.8. The molecule has 0 bridgehead atoms. The average molecular weight is 302 g/mol. The molecule has 8 heteroatoms. The Morgan fingerprint density at radius 1 is 1.50 bits per heavy atom. The molecule has 1 fully saturated rings. The number of nitrogens with one attached hydrogen (secondary N) is 2. The van der Waals surface area contributed by atoms with Gasteiger partial charge in [0.2, 0.25) is 0 Å². The highest BCUT2D eigenvalue weighted by Crippen LogP contribution is 2.17. The molecule has 2 rings (SSSR count). The molecule has 0 saturated carbocycles. The third-order valence-electron chi connectivity index (χ3n) is 2.86. The number of rotatable bonds is 4. The zero-order valence-electron chi connectivity index (χ0n) is 10.7. The molecule has 1 aliphatic rings. The van der Waals surface area contributed by atoms with Crippen LogP contribution in [-0.4, -0.2) is 36.6 Å². The van der Waals surface area contributed by atoms with Crippen LogP contribution in [0.4, 0.5) is 5.69 Å². The summed E-state index contributed by atoms with van der Waals surface area (Å²) in [6.45, 7) is 1.80. The third kappa shape index (κ3) is 4.16. The van der Waals surface area contributed by atoms with Gasteiger partial charge in [-0.25, -0.2) is 0 Å². The molecule has 1 atom stereocenters. The van der Waals surface area contributed by atoms with Crippen molar-refractivity contribution >= 4 is 24.0 Å². The number of carbonyl (C=O) groups excluding carboxylic acids is 1. The van der Waals surface area contributed by atoms with Gasteiger partial charge in [-0.05, 0) is 0 Å². The van der Waals surface area contributed by atoms with E-state index in [2.05, 4.69) is 10.6 Å². The van der Waals surface area contributed by atoms with Gasteiger partial charge in [0, 0.05) is 31.3 Å². The summed E-state index contributed by atoms with van der Waals surface area (Å²) in [5, 5.41) is 16.5. The Morgan fingerprint density at radius 3 is 2.90 bits per heavy atom. The summed E-state index contributed by atoms with van der Waals surface area (Å²) in [7, 11) is 0. The molecule has 0 aliphatic carbocycles. The summed E-state index contributed by atoms with van der Waals surface area (Å²) in [4.78, 5) is 22.2. The van der Waals surface area contributed by atoms with E-state index in [1.165, 1.54) is 6.07 Å². The minimum atomic E-state index is -0.531. The number of nitrogens with zero attached hydrogens (tertiary/aromatic N) is 1. The predicted octanol–water partition coefficient (Wildman–Crippen LogP) is 0.621. The molecule has 1 heterocycles. The second-order valence-corrected chi connectivity index (χ2v) is 4.17. The first-order chi connectivity index (χ1) is 9.18. The molecular weight excluding hydrogens is 286 g/mol. The van der Waals surface area contributed by atoms with Crippen molar-refractivity contribution < 1.29 is 14.5 Å². The van der Waals surface area contributed by atoms with Crippen LogP contribution in [0.25, 0.3) is 0 Å². The van der Waals surface area contributed by atoms with Gasteiger partial charge in [0.25, 0.3) is 11.6 Å². The van der Waals surface area contributed by atoms with Crippen LogP contribution in [0.1, 0.15) is 5.56 Å². The summed E-state index contributed by atoms with van der Waals surface area (Å²) in [5.74, 6) is -0.259. The molecule has 1 unspecified atom stereocenters. The SMILES string of the molecule is Cl.O=C(NCc1ccccc1[N+](=O)[O-])C1CNCCO1. The first-order valence-electron chi connectivity index (χ1n) is 6.01. The van der Waals surface area contributed by atoms with Crippen molar-refractivity contribution in [3.05, 3.63) is 39.9 Å². The van der Waals surface area contributed by atoms with Crippen LogP contribution in [0, 0.1) is 10.1 Å². The summed E-state index contributed by atoms with van der Waals surface area (Å²) >= 11 is 0. The predicted molar refractivity (Wildman–Crippen MR) is 74.8 cm³/mol. The highest BCUT2D eigenvalue weighted by molar-refractivity contribution is 5.85. The zero-order valence-corrected chi connectivity index (χ0v) is 11.5. The Kier molecular flexibility index (Phi) is 6.37. The molecule has 110 valence electrons. The van der Waals surface area contributed by atoms with Gasteiger partial charge in [-0.1, -0.05) is 18.2 Å². The minimum absolute atomic E-state index is 0. The summed E-state index contributed by atoms with van der Waals surface area (Å²) in [5.41, 5.74) is 0.482. The van der Waals surface area contributed by atoms with Crippen LogP contribution in [0.5, 0.6) is 0 Å². The first-order valence-corrected chi connectivity index (χ1v) is 6.01. The molecule has 1 amide bonds. The lowest BCUT2D eigenvalue weighted by Gasteiger charge is -2.22. The third-order valence-corrected chi connectivity index (χ3v) is 2.86. The maximum absolute atomic E-state index is 11.8. The van der Waals surface area contributed by atoms with E-state index in [0.29, 0.717) is 18.7 Å². The van der Waals surface area contributed by atoms with E-state index < -0.39 is 11.0 Å². The average Bonchev–Trinajstić information content (AvgIpc) is 2.46. The molecule has 1 saturated heterocycles. The quantitative estimate of drug-likeness (QED) is 0.628. The van der Waals surface area contributed by atoms with E-state index in [4.69, 9.17) is 4.74 Å². The summed E-state index contributed by atoms with van der Waals surface area (Å²) in [6, 6.07) is 6.34. The van der Waals surface area contributed by atoms with Gasteiger partial charge in [0.05, 0.1) is 11.5 Å². The molecule has 2 N–H and O–H groups in total. The minimum Gasteiger partial charge on any atom is -0.366 e. The van der Waals surface area contributed by atoms with Crippen molar-refractivity contribution in [2.24, 2.45) is 0 Å². The topological polar surface area (TPSA) is 93.5 Å². The standard InChI is InChI=1S/C12H15N3O4.ClH/c16-12(11-8-13-5-6-19-11)14-7-9-3-1-2-4-10(9)15(17)18;/h1-4,11,13H,5-8H2,(H,14,16);1H. The van der Waals surface area contributed by atoms with Crippen molar-refractivity contribution in [3.8, 4) is 0 Å². The Bertz CT molecular complexity index is 478. The molecule has 7 nitrogen and oxygen atoms in total. The second-order valence-electron chi connectivity index (χ2n) is 4.17. The fraction of sp³-hybridized carbons (Fsp3) is 0.417. The number of nitro benzene ring substituents is 1. The molecule has 1 aromatic rings. The number of para-hydroxylation sites is 1. The molecule has 0 radical (unpaired) electrons. The number of carbonyl (C=O) groups is 1. The number of benzene rings is 1. The smallest absolute Gasteiger partial charge is 0.274 e. The van der Waals surface area contributed by atoms with Gasteiger partial charge < -0.3 is 15.4 Å². The summed E-state index contributed by atoms with van der Waals surface area (Å²) in [6.07, 6.45) is -0.531. The fourth-order valence-corrected chi connectivity index (χ4v) is 1.87. The normalized spacial score (nSPS) is 17.9. The van der Waals surface area contributed by atoms with Crippen molar-refractivity contribution in [3.63, 3.8) is 0 Å². The maximum Gasteiger partial charge on any atom is 0.274 e. The lowest BCUT2D eigenvalue weighted by Crippen LogP contribution is -2.47. The van der Waals surface area contributed by atoms with Gasteiger partial charge in [0.1, 0.15) is 6.10 Å². The number of hydrogen-bond donors (Lipinski definition) is 2. The van der Waals surface area contributed by atoms with E-state index in [1.807, 2.05) is 0 Å². The Labute approximate surface area is 122 Å². The Balaban J connectivity index is 0.00000200. The van der Waals surface area contributed by atoms with Crippen molar-refractivity contribution in [2.75, 3.05) is 19.7 Å². The van der Waals surface area contributed by atoms with Crippen molar-refractivity contribution in [1.29, 1.82) is 0 Å². The lowest BCUT2D eigenvalue weighted by molar-refractivity contribution is -0.385. The zero-order chi connectivity index (χ0) is 13.7. The molecule has 20 heavy (non-hydrogen) atoms. The van der Waals surface area contributed by atoms with Gasteiger partial charge >= 0.3 is 0 Å². The highest BCUT2D eigenvalue weighted by atomic mass is 35.5. The van der Waals surface area contributed by atoms with Gasteiger partial charge in [-0.15, -0.1) is 12.4 Å². The number of morpholine rings is 1. The van der Waals surface area contributed by atoms with E-state index in [-0.39, 0.29) is 30.5 Å². The number of ether oxygens (including phenoxy) is 1. The molecule has 1 aromatic carbocycles. The van der Waals surface area contributed by atoms with Crippen LogP contribution in [0.3, 0.4) is 0 Å². The molecule has 0 spiro atoms. The fourth-order valence-electron chi connectivity index (χ4n) is 1.87. The first kappa shape index (κ1) is 16.4. The van der Waals surface area contributed by atoms with E-state index in [0.717, 1.165) is 6.54 Å². The number of halogens is 1. The summed E-state index contributed by atoms with van der Waals surface area (Å²) < 4.78 is 5.30. The van der Waals surface area contributed by atoms with Crippen LogP contribution in [0.15, 0.2) is 24.3 Å². The van der Waals surface area contributed by atoms with Gasteiger partial charge in [0.15, 0.2) is 0 Å². The Morgan fingerprint density at radius 2 is 2.25 bits per heavy atom. The Hall–Kier alpha value is -1.70. The highest BCUT2D eigenvalue weighted by Gasteiger charge is 2.22. The number of amides is 1. The van der Waals surface area contributed by atoms with E-state index >= 15 is 0 Å². The van der Waals surface area contributed by atoms with E-state index in [9.17, 15) is 14.9 Å².